The topological polar surface area (TPSA) is 57.5 Å². The van der Waals surface area contributed by atoms with E-state index in [1.807, 2.05) is 0 Å². The van der Waals surface area contributed by atoms with Gasteiger partial charge in [-0.2, -0.15) is 0 Å². The van der Waals surface area contributed by atoms with Crippen molar-refractivity contribution in [3.63, 3.8) is 0 Å². The third-order valence-electron chi connectivity index (χ3n) is 8.77. The fourth-order valence-electron chi connectivity index (χ4n) is 7.39. The van der Waals surface area contributed by atoms with E-state index >= 15 is 0 Å². The van der Waals surface area contributed by atoms with Crippen LogP contribution in [0, 0.1) is 28.6 Å². The smallest absolute Gasteiger partial charge is 0.161 e. The third kappa shape index (κ3) is 1.94. The molecule has 0 amide bonds. The van der Waals surface area contributed by atoms with E-state index in [0.29, 0.717) is 24.2 Å². The Labute approximate surface area is 145 Å². The molecule has 4 aliphatic carbocycles. The highest BCUT2D eigenvalue weighted by Gasteiger charge is 2.65. The lowest BCUT2D eigenvalue weighted by atomic mass is 9.46. The Balaban J connectivity index is 1.69. The van der Waals surface area contributed by atoms with Gasteiger partial charge in [0.15, 0.2) is 5.78 Å². The maximum Gasteiger partial charge on any atom is 0.161 e. The fourth-order valence-corrected chi connectivity index (χ4v) is 7.39. The van der Waals surface area contributed by atoms with Crippen molar-refractivity contribution >= 4 is 5.78 Å². The normalized spacial score (nSPS) is 53.6. The van der Waals surface area contributed by atoms with Crippen molar-refractivity contribution in [3.05, 3.63) is 11.6 Å². The highest BCUT2D eigenvalue weighted by Crippen LogP contribution is 2.67. The van der Waals surface area contributed by atoms with Crippen LogP contribution in [0.3, 0.4) is 0 Å². The van der Waals surface area contributed by atoms with Crippen LogP contribution in [0.2, 0.25) is 0 Å². The van der Waals surface area contributed by atoms with Gasteiger partial charge in [-0.05, 0) is 81.5 Å². The molecule has 3 heteroatoms. The molecule has 3 nitrogen and oxygen atoms in total. The summed E-state index contributed by atoms with van der Waals surface area (Å²) in [5, 5.41) is 21.4. The minimum Gasteiger partial charge on any atom is -0.393 e. The molecular weight excluding hydrogens is 300 g/mol. The largest absolute Gasteiger partial charge is 0.393 e. The van der Waals surface area contributed by atoms with Crippen molar-refractivity contribution in [1.29, 1.82) is 0 Å². The average molecular weight is 332 g/mol. The van der Waals surface area contributed by atoms with Crippen LogP contribution in [0.4, 0.5) is 0 Å². The van der Waals surface area contributed by atoms with Gasteiger partial charge in [0, 0.05) is 5.41 Å². The van der Waals surface area contributed by atoms with Gasteiger partial charge in [-0.3, -0.25) is 4.79 Å². The Morgan fingerprint density at radius 2 is 1.88 bits per heavy atom. The van der Waals surface area contributed by atoms with Crippen LogP contribution in [0.5, 0.6) is 0 Å². The van der Waals surface area contributed by atoms with E-state index in [1.165, 1.54) is 6.42 Å². The van der Waals surface area contributed by atoms with Crippen LogP contribution in [-0.4, -0.2) is 27.7 Å². The average Bonchev–Trinajstić information content (AvgIpc) is 2.79. The van der Waals surface area contributed by atoms with Gasteiger partial charge in [0.05, 0.1) is 6.10 Å². The SMILES string of the molecule is CC(=O)[C@@]1(O)CC[C@H]2[C@@H]3CCC4=CCC(O)C[C@]4(C)[C@H]3CC[C@@]21C. The lowest BCUT2D eigenvalue weighted by Crippen LogP contribution is -2.57. The molecule has 0 aromatic carbocycles. The lowest BCUT2D eigenvalue weighted by molar-refractivity contribution is -0.160. The molecule has 0 radical (unpaired) electrons. The van der Waals surface area contributed by atoms with Crippen molar-refractivity contribution in [3.8, 4) is 0 Å². The number of aliphatic hydroxyl groups excluding tert-OH is 1. The molecule has 0 heterocycles. The number of Topliss-reactive ketones (excluding diaryl/α,β-unsaturated/α-hetero) is 1. The lowest BCUT2D eigenvalue weighted by Gasteiger charge is -2.59. The number of fused-ring (bicyclic) bond motifs is 5. The van der Waals surface area contributed by atoms with Gasteiger partial charge in [0.2, 0.25) is 0 Å². The predicted octanol–water partition coefficient (Wildman–Crippen LogP) is 3.63. The molecule has 0 saturated heterocycles. The second-order valence-corrected chi connectivity index (χ2v) is 9.57. The Morgan fingerprint density at radius 3 is 2.58 bits per heavy atom. The van der Waals surface area contributed by atoms with Crippen LogP contribution in [-0.2, 0) is 4.79 Å². The zero-order valence-corrected chi connectivity index (χ0v) is 15.3. The molecule has 0 aromatic rings. The highest BCUT2D eigenvalue weighted by molar-refractivity contribution is 5.86. The van der Waals surface area contributed by atoms with Crippen LogP contribution in [0.15, 0.2) is 11.6 Å². The maximum atomic E-state index is 12.2. The number of rotatable bonds is 1. The van der Waals surface area contributed by atoms with Gasteiger partial charge in [0.25, 0.3) is 0 Å². The molecule has 0 aliphatic heterocycles. The van der Waals surface area contributed by atoms with Crippen molar-refractivity contribution in [2.75, 3.05) is 0 Å². The molecule has 3 saturated carbocycles. The molecule has 4 rings (SSSR count). The molecular formula is C21H32O3. The summed E-state index contributed by atoms with van der Waals surface area (Å²) < 4.78 is 0. The Morgan fingerprint density at radius 1 is 1.17 bits per heavy atom. The van der Waals surface area contributed by atoms with E-state index in [-0.39, 0.29) is 22.7 Å². The van der Waals surface area contributed by atoms with Crippen LogP contribution in [0.25, 0.3) is 0 Å². The molecule has 2 N–H and O–H groups in total. The minimum atomic E-state index is -1.12. The Kier molecular flexibility index (Phi) is 3.61. The van der Waals surface area contributed by atoms with E-state index in [0.717, 1.165) is 38.5 Å². The summed E-state index contributed by atoms with van der Waals surface area (Å²) in [7, 11) is 0. The number of hydrogen-bond donors (Lipinski definition) is 2. The first-order chi connectivity index (χ1) is 11.2. The molecule has 0 spiro atoms. The third-order valence-corrected chi connectivity index (χ3v) is 8.77. The summed E-state index contributed by atoms with van der Waals surface area (Å²) in [6, 6.07) is 0. The zero-order chi connectivity index (χ0) is 17.3. The van der Waals surface area contributed by atoms with E-state index in [1.54, 1.807) is 12.5 Å². The Hall–Kier alpha value is -0.670. The number of allylic oxidation sites excluding steroid dienone is 1. The second-order valence-electron chi connectivity index (χ2n) is 9.57. The first-order valence-electron chi connectivity index (χ1n) is 9.83. The molecule has 1 unspecified atom stereocenters. The van der Waals surface area contributed by atoms with Crippen molar-refractivity contribution < 1.29 is 15.0 Å². The monoisotopic (exact) mass is 332 g/mol. The highest BCUT2D eigenvalue weighted by atomic mass is 16.3. The maximum absolute atomic E-state index is 12.2. The van der Waals surface area contributed by atoms with E-state index in [9.17, 15) is 15.0 Å². The molecule has 3 fully saturated rings. The first kappa shape index (κ1) is 16.8. The van der Waals surface area contributed by atoms with Gasteiger partial charge < -0.3 is 10.2 Å². The summed E-state index contributed by atoms with van der Waals surface area (Å²) in [6.45, 7) is 6.11. The van der Waals surface area contributed by atoms with Crippen molar-refractivity contribution in [2.45, 2.75) is 83.8 Å². The zero-order valence-electron chi connectivity index (χ0n) is 15.3. The summed E-state index contributed by atoms with van der Waals surface area (Å²) >= 11 is 0. The van der Waals surface area contributed by atoms with Crippen LogP contribution < -0.4 is 0 Å². The molecule has 4 aliphatic rings. The summed E-state index contributed by atoms with van der Waals surface area (Å²) in [5.41, 5.74) is 0.313. The molecule has 24 heavy (non-hydrogen) atoms. The number of ketones is 1. The predicted molar refractivity (Wildman–Crippen MR) is 93.3 cm³/mol. The standard InChI is InChI=1S/C21H32O3/c1-13(22)21(24)11-9-18-16-7-5-14-4-6-15(23)12-19(14,2)17(16)8-10-20(18,21)3/h4,15-18,23-24H,5-12H2,1-3H3/t15?,16-,17+,18+,19+,20+,21+/m1/s1. The molecule has 7 atom stereocenters. The van der Waals surface area contributed by atoms with E-state index in [2.05, 4.69) is 19.9 Å². The molecule has 0 bridgehead atoms. The van der Waals surface area contributed by atoms with E-state index in [4.69, 9.17) is 0 Å². The number of hydrogen-bond acceptors (Lipinski definition) is 3. The first-order valence-corrected chi connectivity index (χ1v) is 9.83. The number of carbonyl (C=O) groups is 1. The number of carbonyl (C=O) groups excluding carboxylic acids is 1. The summed E-state index contributed by atoms with van der Waals surface area (Å²) in [6.07, 6.45) is 9.75. The van der Waals surface area contributed by atoms with Crippen LogP contribution in [0.1, 0.15) is 72.1 Å². The fraction of sp³-hybridized carbons (Fsp3) is 0.857. The molecule has 134 valence electrons. The minimum absolute atomic E-state index is 0.0401. The number of aliphatic hydroxyl groups is 2. The second kappa shape index (κ2) is 5.17. The van der Waals surface area contributed by atoms with Gasteiger partial charge in [-0.1, -0.05) is 25.5 Å². The van der Waals surface area contributed by atoms with Gasteiger partial charge in [0.1, 0.15) is 5.60 Å². The quantitative estimate of drug-likeness (QED) is 0.721. The van der Waals surface area contributed by atoms with Gasteiger partial charge in [-0.25, -0.2) is 0 Å². The van der Waals surface area contributed by atoms with Crippen LogP contribution >= 0.6 is 0 Å². The van der Waals surface area contributed by atoms with E-state index < -0.39 is 5.60 Å². The van der Waals surface area contributed by atoms with Gasteiger partial charge >= 0.3 is 0 Å². The molecule has 0 aromatic heterocycles. The summed E-state index contributed by atoms with van der Waals surface area (Å²) in [5.74, 6) is 1.59. The van der Waals surface area contributed by atoms with Gasteiger partial charge in [-0.15, -0.1) is 0 Å². The summed E-state index contributed by atoms with van der Waals surface area (Å²) in [4.78, 5) is 12.2. The van der Waals surface area contributed by atoms with Crippen molar-refractivity contribution in [2.24, 2.45) is 28.6 Å². The van der Waals surface area contributed by atoms with Crippen molar-refractivity contribution in [1.82, 2.24) is 0 Å². The Bertz CT molecular complexity index is 596.